The number of aliphatic hydroxyl groups excluding tert-OH is 1. The minimum Gasteiger partial charge on any atom is -0.598 e. The molecule has 0 aromatic carbocycles. The molecular formula is C15H24F3NO3S. The molecule has 0 saturated heterocycles. The fraction of sp³-hybridized carbons (Fsp3) is 0.733. The highest BCUT2D eigenvalue weighted by Gasteiger charge is 2.34. The van der Waals surface area contributed by atoms with Crippen LogP contribution in [0.1, 0.15) is 53.4 Å². The predicted octanol–water partition coefficient (Wildman–Crippen LogP) is 4.23. The molecule has 2 N–H and O–H groups in total. The van der Waals surface area contributed by atoms with E-state index in [1.54, 1.807) is 0 Å². The molecule has 1 unspecified atom stereocenters. The monoisotopic (exact) mass is 355 g/mol. The lowest BCUT2D eigenvalue weighted by Crippen LogP contribution is -2.43. The van der Waals surface area contributed by atoms with E-state index in [9.17, 15) is 22.8 Å². The Bertz CT molecular complexity index is 470. The molecule has 1 aliphatic rings. The minimum absolute atomic E-state index is 0.0394. The second-order valence-electron chi connectivity index (χ2n) is 6.60. The molecule has 4 nitrogen and oxygen atoms in total. The van der Waals surface area contributed by atoms with Crippen molar-refractivity contribution in [3.8, 4) is 0 Å². The number of aliphatic hydroxyl groups is 1. The summed E-state index contributed by atoms with van der Waals surface area (Å²) < 4.78 is 55.2. The van der Waals surface area contributed by atoms with Crippen molar-refractivity contribution in [3.63, 3.8) is 0 Å². The molecule has 0 bridgehead atoms. The fourth-order valence-electron chi connectivity index (χ4n) is 1.97. The van der Waals surface area contributed by atoms with Crippen molar-refractivity contribution >= 4 is 11.4 Å². The summed E-state index contributed by atoms with van der Waals surface area (Å²) in [6.07, 6.45) is -1.76. The van der Waals surface area contributed by atoms with Crippen LogP contribution in [0.4, 0.5) is 13.2 Å². The third-order valence-electron chi connectivity index (χ3n) is 3.29. The molecule has 23 heavy (non-hydrogen) atoms. The maximum absolute atomic E-state index is 12.3. The smallest absolute Gasteiger partial charge is 0.573 e. The van der Waals surface area contributed by atoms with E-state index in [2.05, 4.69) is 9.46 Å². The molecule has 0 radical (unpaired) electrons. The number of halogens is 3. The van der Waals surface area contributed by atoms with Crippen molar-refractivity contribution in [1.29, 1.82) is 0 Å². The number of rotatable bonds is 6. The molecule has 0 saturated carbocycles. The molecule has 8 heteroatoms. The van der Waals surface area contributed by atoms with Crippen molar-refractivity contribution in [2.75, 3.05) is 0 Å². The van der Waals surface area contributed by atoms with Crippen LogP contribution in [0.2, 0.25) is 0 Å². The van der Waals surface area contributed by atoms with E-state index >= 15 is 0 Å². The standard InChI is InChI=1S/C15H24F3NO3S/c1-10(19-23(21)14(2,3)4)5-6-11-7-8-12(20)13(9-11)22-15(16,17)18/h9-10,19-20H,5-8H2,1-4H3/t10-,23?/m1/s1. The Hall–Kier alpha value is -0.860. The van der Waals surface area contributed by atoms with Crippen LogP contribution in [-0.2, 0) is 16.1 Å². The number of ether oxygens (including phenoxy) is 1. The Balaban J connectivity index is 2.56. The lowest BCUT2D eigenvalue weighted by Gasteiger charge is -2.26. The van der Waals surface area contributed by atoms with Crippen LogP contribution in [0.25, 0.3) is 0 Å². The van der Waals surface area contributed by atoms with Gasteiger partial charge in [0.1, 0.15) is 10.5 Å². The first-order chi connectivity index (χ1) is 10.4. The first-order valence-electron chi connectivity index (χ1n) is 7.44. The van der Waals surface area contributed by atoms with Gasteiger partial charge < -0.3 is 14.4 Å². The molecule has 0 aromatic heterocycles. The molecule has 0 spiro atoms. The van der Waals surface area contributed by atoms with Gasteiger partial charge in [-0.1, -0.05) is 5.57 Å². The van der Waals surface area contributed by atoms with Crippen molar-refractivity contribution in [3.05, 3.63) is 23.2 Å². The number of alkyl halides is 3. The Morgan fingerprint density at radius 3 is 2.48 bits per heavy atom. The van der Waals surface area contributed by atoms with Gasteiger partial charge in [0.2, 0.25) is 0 Å². The first-order valence-corrected chi connectivity index (χ1v) is 8.59. The van der Waals surface area contributed by atoms with E-state index in [-0.39, 0.29) is 23.0 Å². The third kappa shape index (κ3) is 7.50. The van der Waals surface area contributed by atoms with Crippen molar-refractivity contribution in [1.82, 2.24) is 4.72 Å². The van der Waals surface area contributed by atoms with Gasteiger partial charge in [-0.15, -0.1) is 17.9 Å². The van der Waals surface area contributed by atoms with Gasteiger partial charge in [-0.3, -0.25) is 0 Å². The number of hydrogen-bond donors (Lipinski definition) is 2. The van der Waals surface area contributed by atoms with Crippen molar-refractivity contribution in [2.24, 2.45) is 0 Å². The van der Waals surface area contributed by atoms with E-state index in [0.717, 1.165) is 5.57 Å². The van der Waals surface area contributed by atoms with Crippen LogP contribution in [0.3, 0.4) is 0 Å². The second-order valence-corrected chi connectivity index (χ2v) is 8.60. The Morgan fingerprint density at radius 1 is 1.35 bits per heavy atom. The third-order valence-corrected chi connectivity index (χ3v) is 5.02. The molecule has 0 fully saturated rings. The van der Waals surface area contributed by atoms with Crippen LogP contribution in [0.15, 0.2) is 23.2 Å². The molecule has 1 rings (SSSR count). The quantitative estimate of drug-likeness (QED) is 0.700. The summed E-state index contributed by atoms with van der Waals surface area (Å²) in [5, 5.41) is 9.49. The van der Waals surface area contributed by atoms with Crippen molar-refractivity contribution < 1.29 is 27.6 Å². The van der Waals surface area contributed by atoms with E-state index in [0.29, 0.717) is 19.3 Å². The predicted molar refractivity (Wildman–Crippen MR) is 83.8 cm³/mol. The summed E-state index contributed by atoms with van der Waals surface area (Å²) in [5.41, 5.74) is 0.775. The Morgan fingerprint density at radius 2 is 1.96 bits per heavy atom. The molecular weight excluding hydrogens is 331 g/mol. The zero-order valence-electron chi connectivity index (χ0n) is 13.8. The molecule has 134 valence electrons. The van der Waals surface area contributed by atoms with Gasteiger partial charge in [0, 0.05) is 23.8 Å². The highest BCUT2D eigenvalue weighted by Crippen LogP contribution is 2.31. The maximum Gasteiger partial charge on any atom is 0.573 e. The number of hydrogen-bond acceptors (Lipinski definition) is 4. The average Bonchev–Trinajstić information content (AvgIpc) is 2.37. The lowest BCUT2D eigenvalue weighted by atomic mass is 9.97. The molecule has 0 aliphatic heterocycles. The molecule has 1 aliphatic carbocycles. The van der Waals surface area contributed by atoms with Gasteiger partial charge in [0.15, 0.2) is 5.76 Å². The highest BCUT2D eigenvalue weighted by molar-refractivity contribution is 7.90. The topological polar surface area (TPSA) is 64.5 Å². The van der Waals surface area contributed by atoms with Crippen LogP contribution in [-0.4, -0.2) is 26.8 Å². The summed E-state index contributed by atoms with van der Waals surface area (Å²) in [5.74, 6) is -0.913. The molecule has 0 aromatic rings. The summed E-state index contributed by atoms with van der Waals surface area (Å²) >= 11 is -1.19. The van der Waals surface area contributed by atoms with Gasteiger partial charge in [-0.05, 0) is 53.0 Å². The summed E-state index contributed by atoms with van der Waals surface area (Å²) in [7, 11) is 0. The first kappa shape index (κ1) is 20.2. The normalized spacial score (nSPS) is 19.4. The van der Waals surface area contributed by atoms with Gasteiger partial charge >= 0.3 is 6.36 Å². The largest absolute Gasteiger partial charge is 0.598 e. The maximum atomic E-state index is 12.3. The minimum atomic E-state index is -4.82. The SMILES string of the molecule is C[C@H](CCC1=CC(OC(F)(F)F)=C(O)CC1)N[S+]([O-])C(C)(C)C. The van der Waals surface area contributed by atoms with Crippen LogP contribution in [0.5, 0.6) is 0 Å². The number of nitrogens with one attached hydrogen (secondary N) is 1. The zero-order valence-corrected chi connectivity index (χ0v) is 14.6. The van der Waals surface area contributed by atoms with Crippen LogP contribution < -0.4 is 4.72 Å². The van der Waals surface area contributed by atoms with Crippen molar-refractivity contribution in [2.45, 2.75) is 70.5 Å². The summed E-state index contributed by atoms with van der Waals surface area (Å²) in [6.45, 7) is 7.47. The van der Waals surface area contributed by atoms with E-state index in [1.807, 2.05) is 27.7 Å². The van der Waals surface area contributed by atoms with E-state index in [4.69, 9.17) is 0 Å². The summed E-state index contributed by atoms with van der Waals surface area (Å²) in [6, 6.07) is -0.0394. The highest BCUT2D eigenvalue weighted by atomic mass is 32.2. The lowest BCUT2D eigenvalue weighted by molar-refractivity contribution is -0.304. The van der Waals surface area contributed by atoms with E-state index < -0.39 is 23.5 Å². The van der Waals surface area contributed by atoms with Gasteiger partial charge in [-0.2, -0.15) is 0 Å². The fourth-order valence-corrected chi connectivity index (χ4v) is 2.81. The number of allylic oxidation sites excluding steroid dienone is 3. The summed E-state index contributed by atoms with van der Waals surface area (Å²) in [4.78, 5) is 0. The van der Waals surface area contributed by atoms with Crippen LogP contribution in [0, 0.1) is 0 Å². The van der Waals surface area contributed by atoms with E-state index in [1.165, 1.54) is 6.08 Å². The molecule has 0 amide bonds. The van der Waals surface area contributed by atoms with Gasteiger partial charge in [-0.25, -0.2) is 0 Å². The van der Waals surface area contributed by atoms with Gasteiger partial charge in [0.25, 0.3) is 0 Å². The van der Waals surface area contributed by atoms with Gasteiger partial charge in [0.05, 0.1) is 0 Å². The average molecular weight is 355 g/mol. The van der Waals surface area contributed by atoms with Crippen LogP contribution >= 0.6 is 0 Å². The molecule has 0 heterocycles. The zero-order chi connectivity index (χ0) is 17.8. The Labute approximate surface area is 138 Å². The second kappa shape index (κ2) is 7.81. The Kier molecular flexibility index (Phi) is 6.85. The molecule has 2 atom stereocenters.